The van der Waals surface area contributed by atoms with Gasteiger partial charge in [-0.3, -0.25) is 9.59 Å². The van der Waals surface area contributed by atoms with Gasteiger partial charge in [-0.1, -0.05) is 0 Å². The van der Waals surface area contributed by atoms with Crippen molar-refractivity contribution >= 4 is 11.6 Å². The number of carbonyl (C=O) groups excluding carboxylic acids is 2. The fraction of sp³-hybridized carbons (Fsp3) is 0.391. The highest BCUT2D eigenvalue weighted by molar-refractivity contribution is 6.31. The number of ether oxygens (including phenoxy) is 4. The van der Waals surface area contributed by atoms with Crippen LogP contribution in [0.25, 0.3) is 0 Å². The van der Waals surface area contributed by atoms with E-state index in [0.717, 1.165) is 13.2 Å². The van der Waals surface area contributed by atoms with Gasteiger partial charge >= 0.3 is 0 Å². The zero-order chi connectivity index (χ0) is 25.8. The van der Waals surface area contributed by atoms with Crippen LogP contribution < -0.4 is 14.2 Å². The maximum absolute atomic E-state index is 13.4. The van der Waals surface area contributed by atoms with Gasteiger partial charge in [0.05, 0.1) is 32.0 Å². The highest BCUT2D eigenvalue weighted by atomic mass is 16.7. The third-order valence-electron chi connectivity index (χ3n) is 6.11. The number of rotatable bonds is 5. The first-order valence-electron chi connectivity index (χ1n) is 10.5. The van der Waals surface area contributed by atoms with Gasteiger partial charge in [0.15, 0.2) is 28.8 Å². The van der Waals surface area contributed by atoms with Crippen LogP contribution in [0.5, 0.6) is 28.7 Å². The van der Waals surface area contributed by atoms with Crippen LogP contribution in [0.15, 0.2) is 12.1 Å². The van der Waals surface area contributed by atoms with Crippen LogP contribution in [-0.4, -0.2) is 93.7 Å². The summed E-state index contributed by atoms with van der Waals surface area (Å²) in [6.45, 7) is 0.819. The molecule has 12 nitrogen and oxygen atoms in total. The van der Waals surface area contributed by atoms with Crippen LogP contribution in [0.1, 0.15) is 37.4 Å². The third kappa shape index (κ3) is 3.66. The van der Waals surface area contributed by atoms with E-state index in [-0.39, 0.29) is 45.3 Å². The third-order valence-corrected chi connectivity index (χ3v) is 6.11. The average molecular weight is 492 g/mol. The summed E-state index contributed by atoms with van der Waals surface area (Å²) in [5.74, 6) is -3.50. The molecule has 5 atom stereocenters. The normalized spacial score (nSPS) is 25.6. The summed E-state index contributed by atoms with van der Waals surface area (Å²) < 4.78 is 21.2. The number of hydrogen-bond donors (Lipinski definition) is 6. The summed E-state index contributed by atoms with van der Waals surface area (Å²) >= 11 is 0. The lowest BCUT2D eigenvalue weighted by Crippen LogP contribution is -2.60. The first-order chi connectivity index (χ1) is 16.6. The molecule has 1 aliphatic heterocycles. The number of hydrogen-bond acceptors (Lipinski definition) is 12. The molecule has 1 heterocycles. The lowest BCUT2D eigenvalue weighted by Gasteiger charge is -2.39. The largest absolute Gasteiger partial charge is 0.504 e. The molecule has 2 aromatic rings. The Morgan fingerprint density at radius 2 is 1.49 bits per heavy atom. The quantitative estimate of drug-likeness (QED) is 0.265. The Morgan fingerprint density at radius 1 is 0.857 bits per heavy atom. The van der Waals surface area contributed by atoms with E-state index in [0.29, 0.717) is 0 Å². The molecule has 6 N–H and O–H groups in total. The summed E-state index contributed by atoms with van der Waals surface area (Å²) in [4.78, 5) is 26.7. The standard InChI is InChI=1S/C23H24O12/c1-7-4-8-13(22(33-3)14(7)25)17(28)12-9(15(8)26)5-10(21(32-2)18(12)29)34-23-20(31)19(30)16(27)11(6-24)35-23/h4-5,11,16,19-20,23-25,27,29-31H,6H2,1-3H3/t11-,16-,19+,20-,23+/m1/s1. The van der Waals surface area contributed by atoms with Gasteiger partial charge in [0.25, 0.3) is 0 Å². The molecule has 0 radical (unpaired) electrons. The Kier molecular flexibility index (Phi) is 6.34. The molecule has 2 aromatic carbocycles. The smallest absolute Gasteiger partial charge is 0.229 e. The van der Waals surface area contributed by atoms with Crippen molar-refractivity contribution in [3.63, 3.8) is 0 Å². The summed E-state index contributed by atoms with van der Waals surface area (Å²) in [6.07, 6.45) is -8.05. The van der Waals surface area contributed by atoms with Crippen molar-refractivity contribution in [1.82, 2.24) is 0 Å². The number of aromatic hydroxyl groups is 2. The molecule has 0 bridgehead atoms. The molecule has 0 unspecified atom stereocenters. The monoisotopic (exact) mass is 492 g/mol. The van der Waals surface area contributed by atoms with E-state index in [9.17, 15) is 40.2 Å². The van der Waals surface area contributed by atoms with Crippen LogP contribution in [0.3, 0.4) is 0 Å². The van der Waals surface area contributed by atoms with Crippen LogP contribution in [0.4, 0.5) is 0 Å². The molecule has 4 rings (SSSR count). The SMILES string of the molecule is COc1c(O[C@H]2O[C@H](CO)[C@@H](O)[C@H](O)[C@H]2O)cc2c(c1O)C(=O)c1c(cc(C)c(O)c1OC)C2=O. The average Bonchev–Trinajstić information content (AvgIpc) is 2.83. The number of carbonyl (C=O) groups is 2. The molecule has 0 saturated carbocycles. The predicted octanol–water partition coefficient (Wildman–Crippen LogP) is -0.622. The lowest BCUT2D eigenvalue weighted by molar-refractivity contribution is -0.277. The van der Waals surface area contributed by atoms with Gasteiger partial charge in [0.2, 0.25) is 17.8 Å². The van der Waals surface area contributed by atoms with Gasteiger partial charge in [-0.05, 0) is 24.6 Å². The minimum absolute atomic E-state index is 0.0713. The summed E-state index contributed by atoms with van der Waals surface area (Å²) in [5.41, 5.74) is -0.693. The Labute approximate surface area is 198 Å². The van der Waals surface area contributed by atoms with E-state index in [1.807, 2.05) is 0 Å². The summed E-state index contributed by atoms with van der Waals surface area (Å²) in [7, 11) is 2.38. The van der Waals surface area contributed by atoms with E-state index in [4.69, 9.17) is 18.9 Å². The first kappa shape index (κ1) is 24.7. The molecule has 0 amide bonds. The fourth-order valence-electron chi connectivity index (χ4n) is 4.26. The zero-order valence-corrected chi connectivity index (χ0v) is 18.9. The Morgan fingerprint density at radius 3 is 2.09 bits per heavy atom. The molecule has 0 aromatic heterocycles. The van der Waals surface area contributed by atoms with Gasteiger partial charge in [-0.15, -0.1) is 0 Å². The van der Waals surface area contributed by atoms with Gasteiger partial charge in [0, 0.05) is 11.1 Å². The van der Waals surface area contributed by atoms with Crippen LogP contribution >= 0.6 is 0 Å². The number of ketones is 2. The second-order valence-corrected chi connectivity index (χ2v) is 8.15. The molecular formula is C23H24O12. The van der Waals surface area contributed by atoms with E-state index in [1.54, 1.807) is 0 Å². The lowest BCUT2D eigenvalue weighted by atomic mass is 9.81. The number of benzene rings is 2. The van der Waals surface area contributed by atoms with Crippen LogP contribution in [-0.2, 0) is 4.74 Å². The van der Waals surface area contributed by atoms with E-state index in [2.05, 4.69) is 0 Å². The minimum Gasteiger partial charge on any atom is -0.504 e. The van der Waals surface area contributed by atoms with Crippen molar-refractivity contribution in [2.75, 3.05) is 20.8 Å². The molecule has 12 heteroatoms. The Hall–Kier alpha value is -3.42. The highest BCUT2D eigenvalue weighted by Gasteiger charge is 2.46. The number of methoxy groups -OCH3 is 2. The Bertz CT molecular complexity index is 1200. The molecule has 188 valence electrons. The van der Waals surface area contributed by atoms with Gasteiger partial charge < -0.3 is 49.6 Å². The maximum atomic E-state index is 13.4. The molecule has 1 saturated heterocycles. The molecule has 1 fully saturated rings. The number of phenolic OH excluding ortho intramolecular Hbond substituents is 2. The summed E-state index contributed by atoms with van der Waals surface area (Å²) in [6, 6.07) is 2.42. The first-order valence-corrected chi connectivity index (χ1v) is 10.5. The molecule has 35 heavy (non-hydrogen) atoms. The second kappa shape index (κ2) is 8.98. The molecule has 0 spiro atoms. The number of fused-ring (bicyclic) bond motifs is 2. The topological polar surface area (TPSA) is 192 Å². The second-order valence-electron chi connectivity index (χ2n) is 8.15. The van der Waals surface area contributed by atoms with Gasteiger partial charge in [0.1, 0.15) is 24.4 Å². The van der Waals surface area contributed by atoms with Crippen LogP contribution in [0, 0.1) is 6.92 Å². The van der Waals surface area contributed by atoms with E-state index >= 15 is 0 Å². The molecular weight excluding hydrogens is 468 g/mol. The minimum atomic E-state index is -1.77. The fourth-order valence-corrected chi connectivity index (χ4v) is 4.26. The van der Waals surface area contributed by atoms with E-state index in [1.165, 1.54) is 20.1 Å². The molecule has 1 aliphatic carbocycles. The number of aliphatic hydroxyl groups is 4. The van der Waals surface area contributed by atoms with Crippen molar-refractivity contribution in [1.29, 1.82) is 0 Å². The maximum Gasteiger partial charge on any atom is 0.229 e. The number of phenols is 2. The van der Waals surface area contributed by atoms with Crippen molar-refractivity contribution in [2.24, 2.45) is 0 Å². The van der Waals surface area contributed by atoms with Crippen molar-refractivity contribution < 1.29 is 59.2 Å². The molecule has 2 aliphatic rings. The predicted molar refractivity (Wildman–Crippen MR) is 115 cm³/mol. The number of aliphatic hydroxyl groups excluding tert-OH is 4. The van der Waals surface area contributed by atoms with Gasteiger partial charge in [-0.25, -0.2) is 0 Å². The van der Waals surface area contributed by atoms with Crippen LogP contribution in [0.2, 0.25) is 0 Å². The van der Waals surface area contributed by atoms with E-state index < -0.39 is 60.2 Å². The van der Waals surface area contributed by atoms with Crippen molar-refractivity contribution in [3.8, 4) is 28.7 Å². The Balaban J connectivity index is 1.83. The summed E-state index contributed by atoms with van der Waals surface area (Å²) in [5, 5.41) is 60.9. The van der Waals surface area contributed by atoms with Crippen molar-refractivity contribution in [2.45, 2.75) is 37.6 Å². The number of aryl methyl sites for hydroxylation is 1. The van der Waals surface area contributed by atoms with Gasteiger partial charge in [-0.2, -0.15) is 0 Å². The highest BCUT2D eigenvalue weighted by Crippen LogP contribution is 2.48. The van der Waals surface area contributed by atoms with Crippen molar-refractivity contribution in [3.05, 3.63) is 39.9 Å². The zero-order valence-electron chi connectivity index (χ0n) is 18.9.